The summed E-state index contributed by atoms with van der Waals surface area (Å²) in [6, 6.07) is 0. The van der Waals surface area contributed by atoms with Crippen molar-refractivity contribution in [3.63, 3.8) is 0 Å². The monoisotopic (exact) mass is 324 g/mol. The van der Waals surface area contributed by atoms with Gasteiger partial charge in [-0.15, -0.1) is 0 Å². The highest BCUT2D eigenvalue weighted by atomic mass is 16.6. The Morgan fingerprint density at radius 2 is 1.87 bits per heavy atom. The second-order valence-electron chi connectivity index (χ2n) is 7.26. The third-order valence-electron chi connectivity index (χ3n) is 5.49. The minimum absolute atomic E-state index is 0.0477. The first-order valence-electron chi connectivity index (χ1n) is 9.79. The largest absolute Gasteiger partial charge is 0.502 e. The molecule has 0 amide bonds. The van der Waals surface area contributed by atoms with E-state index < -0.39 is 0 Å². The lowest BCUT2D eigenvalue weighted by molar-refractivity contribution is -0.115. The van der Waals surface area contributed by atoms with Crippen LogP contribution in [0.4, 0.5) is 0 Å². The normalized spacial score (nSPS) is 24.1. The van der Waals surface area contributed by atoms with E-state index in [1.165, 1.54) is 57.8 Å². The van der Waals surface area contributed by atoms with Crippen molar-refractivity contribution >= 4 is 0 Å². The van der Waals surface area contributed by atoms with Crippen LogP contribution < -0.4 is 0 Å². The average Bonchev–Trinajstić information content (AvgIpc) is 3.41. The van der Waals surface area contributed by atoms with Crippen molar-refractivity contribution in [2.75, 3.05) is 19.8 Å². The molecule has 0 N–H and O–H groups in total. The Balaban J connectivity index is 1.98. The van der Waals surface area contributed by atoms with E-state index in [1.54, 1.807) is 6.26 Å². The van der Waals surface area contributed by atoms with Crippen LogP contribution in [0.2, 0.25) is 0 Å². The van der Waals surface area contributed by atoms with Crippen LogP contribution in [0.3, 0.4) is 0 Å². The highest BCUT2D eigenvalue weighted by molar-refractivity contribution is 4.91. The number of epoxide rings is 1. The van der Waals surface area contributed by atoms with Gasteiger partial charge in [-0.1, -0.05) is 52.0 Å². The van der Waals surface area contributed by atoms with Crippen molar-refractivity contribution in [2.45, 2.75) is 89.3 Å². The van der Waals surface area contributed by atoms with Crippen LogP contribution in [-0.4, -0.2) is 31.5 Å². The Morgan fingerprint density at radius 1 is 1.13 bits per heavy atom. The molecule has 0 aromatic carbocycles. The van der Waals surface area contributed by atoms with Gasteiger partial charge in [-0.05, 0) is 38.0 Å². The lowest BCUT2D eigenvalue weighted by atomic mass is 9.72. The van der Waals surface area contributed by atoms with Crippen molar-refractivity contribution in [1.29, 1.82) is 0 Å². The van der Waals surface area contributed by atoms with Crippen molar-refractivity contribution in [3.8, 4) is 0 Å². The van der Waals surface area contributed by atoms with Gasteiger partial charge in [0.05, 0.1) is 31.7 Å². The molecule has 0 aromatic rings. The van der Waals surface area contributed by atoms with E-state index in [4.69, 9.17) is 14.2 Å². The molecule has 0 aromatic heterocycles. The third kappa shape index (κ3) is 6.46. The second kappa shape index (κ2) is 10.4. The van der Waals surface area contributed by atoms with E-state index in [1.807, 2.05) is 0 Å². The standard InChI is InChI=1S/C20H36O3/c1-3-5-9-13-20(14-10-15-21-4-2,23-17-19-16-22-19)18-11-7-6-8-12-18/h4,18-19H,2-3,5-17H2,1H3. The maximum atomic E-state index is 6.61. The van der Waals surface area contributed by atoms with E-state index in [9.17, 15) is 0 Å². The fraction of sp³-hybridized carbons (Fsp3) is 0.900. The molecule has 0 bridgehead atoms. The van der Waals surface area contributed by atoms with Gasteiger partial charge in [-0.2, -0.15) is 0 Å². The summed E-state index contributed by atoms with van der Waals surface area (Å²) in [6.07, 6.45) is 15.9. The summed E-state index contributed by atoms with van der Waals surface area (Å²) >= 11 is 0. The zero-order valence-corrected chi connectivity index (χ0v) is 15.1. The smallest absolute Gasteiger partial charge is 0.104 e. The molecule has 2 atom stereocenters. The lowest BCUT2D eigenvalue weighted by Gasteiger charge is -2.43. The highest BCUT2D eigenvalue weighted by Crippen LogP contribution is 2.42. The first-order chi connectivity index (χ1) is 11.3. The molecule has 1 aliphatic heterocycles. The zero-order chi connectivity index (χ0) is 16.4. The molecule has 3 nitrogen and oxygen atoms in total. The first-order valence-corrected chi connectivity index (χ1v) is 9.79. The first kappa shape index (κ1) is 18.8. The SMILES string of the molecule is C=COCCCC(CCCCC)(OCC1CO1)C1CCCCC1. The van der Waals surface area contributed by atoms with Gasteiger partial charge in [0.15, 0.2) is 0 Å². The van der Waals surface area contributed by atoms with Gasteiger partial charge < -0.3 is 14.2 Å². The summed E-state index contributed by atoms with van der Waals surface area (Å²) in [5.74, 6) is 0.718. The van der Waals surface area contributed by atoms with Gasteiger partial charge in [-0.25, -0.2) is 0 Å². The Labute approximate surface area is 142 Å². The number of hydrogen-bond acceptors (Lipinski definition) is 3. The number of rotatable bonds is 13. The van der Waals surface area contributed by atoms with Gasteiger partial charge in [0, 0.05) is 0 Å². The summed E-state index contributed by atoms with van der Waals surface area (Å²) in [4.78, 5) is 0. The van der Waals surface area contributed by atoms with Crippen molar-refractivity contribution in [2.24, 2.45) is 5.92 Å². The maximum absolute atomic E-state index is 6.61. The summed E-state index contributed by atoms with van der Waals surface area (Å²) in [5, 5.41) is 0. The van der Waals surface area contributed by atoms with Crippen LogP contribution in [-0.2, 0) is 14.2 Å². The van der Waals surface area contributed by atoms with E-state index in [-0.39, 0.29) is 5.60 Å². The summed E-state index contributed by atoms with van der Waals surface area (Å²) in [5.41, 5.74) is 0.0477. The van der Waals surface area contributed by atoms with Gasteiger partial charge in [0.2, 0.25) is 0 Å². The molecule has 0 radical (unpaired) electrons. The summed E-state index contributed by atoms with van der Waals surface area (Å²) < 4.78 is 17.4. The maximum Gasteiger partial charge on any atom is 0.104 e. The fourth-order valence-corrected chi connectivity index (χ4v) is 4.06. The van der Waals surface area contributed by atoms with Crippen molar-refractivity contribution < 1.29 is 14.2 Å². The number of unbranched alkanes of at least 4 members (excludes halogenated alkanes) is 2. The van der Waals surface area contributed by atoms with Gasteiger partial charge in [0.1, 0.15) is 6.10 Å². The minimum atomic E-state index is 0.0477. The van der Waals surface area contributed by atoms with Gasteiger partial charge in [-0.3, -0.25) is 0 Å². The Hall–Kier alpha value is -0.540. The zero-order valence-electron chi connectivity index (χ0n) is 15.1. The van der Waals surface area contributed by atoms with Crippen LogP contribution in [0.25, 0.3) is 0 Å². The van der Waals surface area contributed by atoms with E-state index in [0.29, 0.717) is 6.10 Å². The molecule has 2 unspecified atom stereocenters. The molecule has 2 rings (SSSR count). The minimum Gasteiger partial charge on any atom is -0.502 e. The van der Waals surface area contributed by atoms with Crippen LogP contribution in [0.15, 0.2) is 12.8 Å². The van der Waals surface area contributed by atoms with Gasteiger partial charge in [0.25, 0.3) is 0 Å². The van der Waals surface area contributed by atoms with E-state index in [0.717, 1.165) is 38.6 Å². The summed E-state index contributed by atoms with van der Waals surface area (Å²) in [6.45, 7) is 8.35. The lowest BCUT2D eigenvalue weighted by Crippen LogP contribution is -2.43. The Morgan fingerprint density at radius 3 is 2.52 bits per heavy atom. The van der Waals surface area contributed by atoms with Crippen LogP contribution in [0.5, 0.6) is 0 Å². The third-order valence-corrected chi connectivity index (χ3v) is 5.49. The molecule has 1 aliphatic carbocycles. The van der Waals surface area contributed by atoms with Crippen LogP contribution in [0, 0.1) is 5.92 Å². The van der Waals surface area contributed by atoms with Crippen molar-refractivity contribution in [3.05, 3.63) is 12.8 Å². The predicted octanol–water partition coefficient (Wildman–Crippen LogP) is 5.24. The molecule has 0 spiro atoms. The molecule has 1 heterocycles. The van der Waals surface area contributed by atoms with E-state index >= 15 is 0 Å². The van der Waals surface area contributed by atoms with Gasteiger partial charge >= 0.3 is 0 Å². The molecule has 1 saturated carbocycles. The summed E-state index contributed by atoms with van der Waals surface area (Å²) in [7, 11) is 0. The molecule has 134 valence electrons. The quantitative estimate of drug-likeness (QED) is 0.264. The van der Waals surface area contributed by atoms with Crippen LogP contribution >= 0.6 is 0 Å². The average molecular weight is 325 g/mol. The molecule has 2 aliphatic rings. The molecule has 3 heteroatoms. The molecular formula is C20H36O3. The molecular weight excluding hydrogens is 288 g/mol. The van der Waals surface area contributed by atoms with Crippen LogP contribution in [0.1, 0.15) is 77.6 Å². The predicted molar refractivity (Wildman–Crippen MR) is 94.5 cm³/mol. The molecule has 2 fully saturated rings. The second-order valence-corrected chi connectivity index (χ2v) is 7.26. The Bertz CT molecular complexity index is 321. The van der Waals surface area contributed by atoms with Crippen molar-refractivity contribution in [1.82, 2.24) is 0 Å². The topological polar surface area (TPSA) is 31.0 Å². The molecule has 1 saturated heterocycles. The number of hydrogen-bond donors (Lipinski definition) is 0. The molecule has 23 heavy (non-hydrogen) atoms. The van der Waals surface area contributed by atoms with E-state index in [2.05, 4.69) is 13.5 Å². The number of ether oxygens (including phenoxy) is 3. The highest BCUT2D eigenvalue weighted by Gasteiger charge is 2.40. The fourth-order valence-electron chi connectivity index (χ4n) is 4.06. The Kier molecular flexibility index (Phi) is 8.46.